The lowest BCUT2D eigenvalue weighted by Crippen LogP contribution is -2.36. The zero-order valence-corrected chi connectivity index (χ0v) is 19.0. The van der Waals surface area contributed by atoms with E-state index >= 15 is 4.39 Å². The highest BCUT2D eigenvalue weighted by atomic mass is 35.5. The smallest absolute Gasteiger partial charge is 0.341 e. The number of carboxylic acid groups (broad SMARTS) is 1. The molecule has 2 N–H and O–H groups in total. The van der Waals surface area contributed by atoms with Gasteiger partial charge in [-0.05, 0) is 56.7 Å². The largest absolute Gasteiger partial charge is 0.477 e. The molecule has 1 aliphatic carbocycles. The number of carboxylic acids is 1. The van der Waals surface area contributed by atoms with E-state index in [0.717, 1.165) is 19.3 Å². The minimum Gasteiger partial charge on any atom is -0.477 e. The molecule has 0 bridgehead atoms. The molecule has 2 atom stereocenters. The zero-order chi connectivity index (χ0) is 22.3. The monoisotopic (exact) mass is 462 g/mol. The van der Waals surface area contributed by atoms with Gasteiger partial charge in [-0.1, -0.05) is 0 Å². The van der Waals surface area contributed by atoms with Crippen molar-refractivity contribution < 1.29 is 14.3 Å². The minimum absolute atomic E-state index is 0. The summed E-state index contributed by atoms with van der Waals surface area (Å²) in [7, 11) is 0. The number of fused-ring (bicyclic) bond motifs is 1. The molecule has 172 valence electrons. The third kappa shape index (κ3) is 4.32. The number of hydrogen-bond acceptors (Lipinski definition) is 5. The molecule has 0 spiro atoms. The van der Waals surface area contributed by atoms with Crippen molar-refractivity contribution in [2.24, 2.45) is 5.92 Å². The topological polar surface area (TPSA) is 98.4 Å². The number of aromatic carboxylic acids is 1. The highest BCUT2D eigenvalue weighted by Gasteiger charge is 2.33. The lowest BCUT2D eigenvalue weighted by molar-refractivity contribution is 0.0694. The summed E-state index contributed by atoms with van der Waals surface area (Å²) in [6, 6.07) is 4.98. The van der Waals surface area contributed by atoms with E-state index in [9.17, 15) is 14.7 Å². The molecular formula is C23H28ClFN4O3. The summed E-state index contributed by atoms with van der Waals surface area (Å²) < 4.78 is 16.8. The van der Waals surface area contributed by atoms with Crippen molar-refractivity contribution in [3.63, 3.8) is 0 Å². The Morgan fingerprint density at radius 2 is 2.09 bits per heavy atom. The van der Waals surface area contributed by atoms with E-state index in [1.807, 2.05) is 11.8 Å². The average molecular weight is 463 g/mol. The first-order valence-electron chi connectivity index (χ1n) is 10.8. The highest BCUT2D eigenvalue weighted by Crippen LogP contribution is 2.40. The molecule has 2 fully saturated rings. The van der Waals surface area contributed by atoms with Crippen molar-refractivity contribution >= 4 is 35.0 Å². The van der Waals surface area contributed by atoms with Gasteiger partial charge in [-0.3, -0.25) is 4.79 Å². The Labute approximate surface area is 192 Å². The van der Waals surface area contributed by atoms with Crippen molar-refractivity contribution in [3.05, 3.63) is 39.4 Å². The Hall–Kier alpha value is -2.63. The second-order valence-corrected chi connectivity index (χ2v) is 8.69. The number of nitrogens with zero attached hydrogens (tertiary/aromatic N) is 3. The molecule has 2 aromatic rings. The highest BCUT2D eigenvalue weighted by molar-refractivity contribution is 5.95. The Morgan fingerprint density at radius 1 is 1.38 bits per heavy atom. The predicted molar refractivity (Wildman–Crippen MR) is 123 cm³/mol. The number of halogens is 2. The Balaban J connectivity index is 0.00000289. The third-order valence-corrected chi connectivity index (χ3v) is 6.58. The van der Waals surface area contributed by atoms with Crippen LogP contribution in [0.5, 0.6) is 0 Å². The standard InChI is InChI=1S/C23H27FN4O3.ClH/c1-13-20-16(10-18(23(30)31)22(29)28(20)17-4-5-17)11-19(24)21(13)27-9-6-15(12-27)14(2)26-8-3-7-25;/h10-11,14-15,17,26H,3-6,8-9,12H2,1-2H3,(H,30,31);1H/t14-,15?;/m0./s1. The van der Waals surface area contributed by atoms with E-state index in [2.05, 4.69) is 18.3 Å². The quantitative estimate of drug-likeness (QED) is 0.610. The maximum Gasteiger partial charge on any atom is 0.341 e. The van der Waals surface area contributed by atoms with Crippen molar-refractivity contribution in [2.45, 2.75) is 51.6 Å². The summed E-state index contributed by atoms with van der Waals surface area (Å²) >= 11 is 0. The van der Waals surface area contributed by atoms with Crippen molar-refractivity contribution in [1.82, 2.24) is 9.88 Å². The number of aryl methyl sites for hydroxylation is 1. The van der Waals surface area contributed by atoms with Crippen LogP contribution in [0.25, 0.3) is 10.9 Å². The first-order chi connectivity index (χ1) is 14.8. The molecule has 7 nitrogen and oxygen atoms in total. The van der Waals surface area contributed by atoms with Crippen LogP contribution < -0.4 is 15.8 Å². The summed E-state index contributed by atoms with van der Waals surface area (Å²) in [6.07, 6.45) is 3.00. The first kappa shape index (κ1) is 24.0. The molecule has 2 aliphatic rings. The van der Waals surface area contributed by atoms with Crippen LogP contribution in [0.4, 0.5) is 10.1 Å². The number of carbonyl (C=O) groups is 1. The molecule has 1 unspecified atom stereocenters. The predicted octanol–water partition coefficient (Wildman–Crippen LogP) is 3.62. The van der Waals surface area contributed by atoms with E-state index in [1.54, 1.807) is 4.57 Å². The third-order valence-electron chi connectivity index (χ3n) is 6.58. The van der Waals surface area contributed by atoms with Crippen LogP contribution in [0.1, 0.15) is 54.6 Å². The molecule has 32 heavy (non-hydrogen) atoms. The number of hydrogen-bond donors (Lipinski definition) is 2. The van der Waals surface area contributed by atoms with E-state index < -0.39 is 17.3 Å². The van der Waals surface area contributed by atoms with Crippen LogP contribution in [-0.2, 0) is 0 Å². The first-order valence-corrected chi connectivity index (χ1v) is 10.8. The second kappa shape index (κ2) is 9.47. The zero-order valence-electron chi connectivity index (χ0n) is 18.2. The molecule has 1 aromatic carbocycles. The van der Waals surface area contributed by atoms with Gasteiger partial charge >= 0.3 is 5.97 Å². The summed E-state index contributed by atoms with van der Waals surface area (Å²) in [5, 5.41) is 22.0. The fourth-order valence-electron chi connectivity index (χ4n) is 4.80. The van der Waals surface area contributed by atoms with Crippen LogP contribution in [0.3, 0.4) is 0 Å². The number of nitriles is 1. The van der Waals surface area contributed by atoms with Gasteiger partial charge in [0.25, 0.3) is 5.56 Å². The van der Waals surface area contributed by atoms with Gasteiger partial charge in [-0.15, -0.1) is 12.4 Å². The second-order valence-electron chi connectivity index (χ2n) is 8.69. The molecule has 2 heterocycles. The maximum absolute atomic E-state index is 15.3. The molecule has 1 aromatic heterocycles. The van der Waals surface area contributed by atoms with Crippen LogP contribution in [0.2, 0.25) is 0 Å². The number of nitrogens with one attached hydrogen (secondary N) is 1. The van der Waals surface area contributed by atoms with Gasteiger partial charge in [0, 0.05) is 43.5 Å². The normalized spacial score (nSPS) is 18.9. The van der Waals surface area contributed by atoms with E-state index in [0.29, 0.717) is 54.1 Å². The lowest BCUT2D eigenvalue weighted by Gasteiger charge is -2.26. The molecule has 1 saturated heterocycles. The van der Waals surface area contributed by atoms with Gasteiger partial charge in [0.1, 0.15) is 11.4 Å². The summed E-state index contributed by atoms with van der Waals surface area (Å²) in [5.74, 6) is -1.36. The van der Waals surface area contributed by atoms with Crippen molar-refractivity contribution in [2.75, 3.05) is 24.5 Å². The minimum atomic E-state index is -1.29. The van der Waals surface area contributed by atoms with Gasteiger partial charge in [0.2, 0.25) is 0 Å². The molecule has 0 amide bonds. The molecule has 1 aliphatic heterocycles. The van der Waals surface area contributed by atoms with Crippen LogP contribution in [0, 0.1) is 30.0 Å². The van der Waals surface area contributed by atoms with Crippen molar-refractivity contribution in [1.29, 1.82) is 5.26 Å². The summed E-state index contributed by atoms with van der Waals surface area (Å²) in [5.41, 5.74) is 0.984. The Morgan fingerprint density at radius 3 is 2.72 bits per heavy atom. The summed E-state index contributed by atoms with van der Waals surface area (Å²) in [6.45, 7) is 5.94. The fraction of sp³-hybridized carbons (Fsp3) is 0.522. The van der Waals surface area contributed by atoms with Crippen molar-refractivity contribution in [3.8, 4) is 6.07 Å². The van der Waals surface area contributed by atoms with Gasteiger partial charge < -0.3 is 19.9 Å². The number of pyridine rings is 1. The number of aromatic nitrogens is 1. The molecule has 9 heteroatoms. The summed E-state index contributed by atoms with van der Waals surface area (Å²) in [4.78, 5) is 26.5. The van der Waals surface area contributed by atoms with Gasteiger partial charge in [0.05, 0.1) is 17.3 Å². The van der Waals surface area contributed by atoms with Crippen LogP contribution in [0.15, 0.2) is 16.9 Å². The average Bonchev–Trinajstić information content (AvgIpc) is 3.44. The number of benzene rings is 1. The number of anilines is 1. The lowest BCUT2D eigenvalue weighted by atomic mass is 10.0. The van der Waals surface area contributed by atoms with E-state index in [-0.39, 0.29) is 30.1 Å². The van der Waals surface area contributed by atoms with Gasteiger partial charge in [-0.2, -0.15) is 5.26 Å². The number of rotatable bonds is 7. The van der Waals surface area contributed by atoms with E-state index in [4.69, 9.17) is 5.26 Å². The van der Waals surface area contributed by atoms with Crippen LogP contribution in [-0.4, -0.2) is 41.3 Å². The Kier molecular flexibility index (Phi) is 7.11. The molecular weight excluding hydrogens is 435 g/mol. The molecule has 4 rings (SSSR count). The van der Waals surface area contributed by atoms with Gasteiger partial charge in [0.15, 0.2) is 0 Å². The van der Waals surface area contributed by atoms with Crippen LogP contribution >= 0.6 is 12.4 Å². The van der Waals surface area contributed by atoms with Gasteiger partial charge in [-0.25, -0.2) is 9.18 Å². The molecule has 0 radical (unpaired) electrons. The van der Waals surface area contributed by atoms with E-state index in [1.165, 1.54) is 12.1 Å². The fourth-order valence-corrected chi connectivity index (χ4v) is 4.80. The SMILES string of the molecule is Cc1c(N2CCC([C@H](C)NCCC#N)C2)c(F)cc2cc(C(=O)O)c(=O)n(C3CC3)c12.Cl. The Bertz CT molecular complexity index is 1140. The maximum atomic E-state index is 15.3. The molecule has 1 saturated carbocycles.